The van der Waals surface area contributed by atoms with E-state index in [9.17, 15) is 4.79 Å². The van der Waals surface area contributed by atoms with Crippen LogP contribution >= 0.6 is 27.5 Å². The maximum absolute atomic E-state index is 10.6. The number of aromatic carboxylic acids is 1. The molecule has 0 bridgehead atoms. The standard InChI is InChI=1S/C11H8BrClN2O3/c12-6-1-2-8(13)9(3-6)14-5-7-4-10(11(16)17)15-18-7/h1-4,14H,5H2,(H,16,17). The first-order valence-electron chi connectivity index (χ1n) is 4.94. The molecule has 0 amide bonds. The molecule has 1 heterocycles. The zero-order valence-electron chi connectivity index (χ0n) is 8.98. The van der Waals surface area contributed by atoms with Gasteiger partial charge >= 0.3 is 5.97 Å². The summed E-state index contributed by atoms with van der Waals surface area (Å²) in [6.07, 6.45) is 0. The number of nitrogens with zero attached hydrogens (tertiary/aromatic N) is 1. The number of hydrogen-bond donors (Lipinski definition) is 2. The molecule has 0 aliphatic heterocycles. The largest absolute Gasteiger partial charge is 0.476 e. The summed E-state index contributed by atoms with van der Waals surface area (Å²) >= 11 is 9.33. The fourth-order valence-electron chi connectivity index (χ4n) is 1.31. The molecule has 0 saturated carbocycles. The highest BCUT2D eigenvalue weighted by Crippen LogP contribution is 2.26. The van der Waals surface area contributed by atoms with Crippen molar-refractivity contribution < 1.29 is 14.4 Å². The Morgan fingerprint density at radius 1 is 1.50 bits per heavy atom. The molecule has 18 heavy (non-hydrogen) atoms. The van der Waals surface area contributed by atoms with Crippen LogP contribution in [-0.2, 0) is 6.54 Å². The van der Waals surface area contributed by atoms with Gasteiger partial charge in [-0.25, -0.2) is 4.79 Å². The lowest BCUT2D eigenvalue weighted by Crippen LogP contribution is -1.99. The Hall–Kier alpha value is -1.53. The second kappa shape index (κ2) is 5.41. The molecule has 2 N–H and O–H groups in total. The summed E-state index contributed by atoms with van der Waals surface area (Å²) in [4.78, 5) is 10.6. The van der Waals surface area contributed by atoms with Crippen molar-refractivity contribution in [3.8, 4) is 0 Å². The van der Waals surface area contributed by atoms with E-state index in [-0.39, 0.29) is 5.69 Å². The van der Waals surface area contributed by atoms with Crippen LogP contribution in [0.5, 0.6) is 0 Å². The van der Waals surface area contributed by atoms with Crippen LogP contribution in [0.1, 0.15) is 16.2 Å². The van der Waals surface area contributed by atoms with Gasteiger partial charge in [-0.15, -0.1) is 0 Å². The Kier molecular flexibility index (Phi) is 3.88. The van der Waals surface area contributed by atoms with Crippen molar-refractivity contribution in [3.63, 3.8) is 0 Å². The number of rotatable bonds is 4. The minimum atomic E-state index is -1.12. The highest BCUT2D eigenvalue weighted by molar-refractivity contribution is 9.10. The fraction of sp³-hybridized carbons (Fsp3) is 0.0909. The van der Waals surface area contributed by atoms with Crippen LogP contribution in [0.4, 0.5) is 5.69 Å². The minimum Gasteiger partial charge on any atom is -0.476 e. The normalized spacial score (nSPS) is 10.3. The van der Waals surface area contributed by atoms with Crippen LogP contribution in [0.15, 0.2) is 33.3 Å². The quantitative estimate of drug-likeness (QED) is 0.898. The van der Waals surface area contributed by atoms with Crippen molar-refractivity contribution >= 4 is 39.2 Å². The van der Waals surface area contributed by atoms with E-state index < -0.39 is 5.97 Å². The molecule has 0 radical (unpaired) electrons. The van der Waals surface area contributed by atoms with Gasteiger partial charge in [0, 0.05) is 10.5 Å². The number of halogens is 2. The van der Waals surface area contributed by atoms with E-state index in [1.165, 1.54) is 6.07 Å². The molecule has 2 aromatic rings. The van der Waals surface area contributed by atoms with E-state index in [4.69, 9.17) is 21.2 Å². The number of nitrogens with one attached hydrogen (secondary N) is 1. The molecule has 1 aromatic heterocycles. The monoisotopic (exact) mass is 330 g/mol. The van der Waals surface area contributed by atoms with Crippen molar-refractivity contribution in [2.45, 2.75) is 6.54 Å². The smallest absolute Gasteiger partial charge is 0.358 e. The van der Waals surface area contributed by atoms with Crippen molar-refractivity contribution in [2.75, 3.05) is 5.32 Å². The van der Waals surface area contributed by atoms with Crippen LogP contribution in [0.3, 0.4) is 0 Å². The van der Waals surface area contributed by atoms with Crippen LogP contribution in [-0.4, -0.2) is 16.2 Å². The molecule has 0 fully saturated rings. The SMILES string of the molecule is O=C(O)c1cc(CNc2cc(Br)ccc2Cl)on1. The van der Waals surface area contributed by atoms with E-state index >= 15 is 0 Å². The number of hydrogen-bond acceptors (Lipinski definition) is 4. The number of carboxylic acid groups (broad SMARTS) is 1. The van der Waals surface area contributed by atoms with Gasteiger partial charge in [-0.1, -0.05) is 32.7 Å². The topological polar surface area (TPSA) is 75.4 Å². The van der Waals surface area contributed by atoms with Gasteiger partial charge in [-0.3, -0.25) is 0 Å². The second-order valence-corrected chi connectivity index (χ2v) is 4.78. The van der Waals surface area contributed by atoms with Crippen molar-refractivity contribution in [2.24, 2.45) is 0 Å². The van der Waals surface area contributed by atoms with E-state index in [1.54, 1.807) is 6.07 Å². The van der Waals surface area contributed by atoms with Gasteiger partial charge in [0.1, 0.15) is 0 Å². The van der Waals surface area contributed by atoms with Gasteiger partial charge in [0.15, 0.2) is 11.5 Å². The average molecular weight is 332 g/mol. The summed E-state index contributed by atoms with van der Waals surface area (Å²) in [5, 5.41) is 15.7. The third kappa shape index (κ3) is 3.02. The van der Waals surface area contributed by atoms with E-state index in [1.807, 2.05) is 12.1 Å². The summed E-state index contributed by atoms with van der Waals surface area (Å²) in [6, 6.07) is 6.75. The van der Waals surface area contributed by atoms with Crippen molar-refractivity contribution in [1.29, 1.82) is 0 Å². The van der Waals surface area contributed by atoms with Crippen LogP contribution < -0.4 is 5.32 Å². The van der Waals surface area contributed by atoms with Gasteiger partial charge in [0.25, 0.3) is 0 Å². The lowest BCUT2D eigenvalue weighted by molar-refractivity contribution is 0.0685. The Morgan fingerprint density at radius 3 is 2.94 bits per heavy atom. The van der Waals surface area contributed by atoms with Crippen LogP contribution in [0.2, 0.25) is 5.02 Å². The third-order valence-corrected chi connectivity index (χ3v) is 2.98. The van der Waals surface area contributed by atoms with E-state index in [0.717, 1.165) is 10.2 Å². The Morgan fingerprint density at radius 2 is 2.28 bits per heavy atom. The Balaban J connectivity index is 2.06. The summed E-state index contributed by atoms with van der Waals surface area (Å²) in [5.74, 6) is -0.700. The van der Waals surface area contributed by atoms with Gasteiger partial charge in [-0.2, -0.15) is 0 Å². The van der Waals surface area contributed by atoms with Gasteiger partial charge < -0.3 is 14.9 Å². The molecule has 0 aliphatic carbocycles. The minimum absolute atomic E-state index is 0.118. The summed E-state index contributed by atoms with van der Waals surface area (Å²) in [6.45, 7) is 0.302. The lowest BCUT2D eigenvalue weighted by Gasteiger charge is -2.06. The highest BCUT2D eigenvalue weighted by atomic mass is 79.9. The number of aromatic nitrogens is 1. The third-order valence-electron chi connectivity index (χ3n) is 2.16. The summed E-state index contributed by atoms with van der Waals surface area (Å²) in [7, 11) is 0. The fourth-order valence-corrected chi connectivity index (χ4v) is 1.86. The van der Waals surface area contributed by atoms with Gasteiger partial charge in [0.2, 0.25) is 0 Å². The highest BCUT2D eigenvalue weighted by Gasteiger charge is 2.10. The average Bonchev–Trinajstić information content (AvgIpc) is 2.79. The lowest BCUT2D eigenvalue weighted by atomic mass is 10.3. The second-order valence-electron chi connectivity index (χ2n) is 3.46. The predicted octanol–water partition coefficient (Wildman–Crippen LogP) is 3.40. The number of benzene rings is 1. The first-order valence-corrected chi connectivity index (χ1v) is 6.11. The molecule has 0 atom stereocenters. The summed E-state index contributed by atoms with van der Waals surface area (Å²) < 4.78 is 5.76. The maximum atomic E-state index is 10.6. The van der Waals surface area contributed by atoms with Crippen LogP contribution in [0, 0.1) is 0 Å². The van der Waals surface area contributed by atoms with E-state index in [2.05, 4.69) is 26.4 Å². The zero-order chi connectivity index (χ0) is 13.1. The Bertz CT molecular complexity index is 585. The molecule has 94 valence electrons. The van der Waals surface area contributed by atoms with Crippen molar-refractivity contribution in [3.05, 3.63) is 45.2 Å². The molecule has 7 heteroatoms. The molecule has 2 rings (SSSR count). The first kappa shape index (κ1) is 12.9. The first-order chi connectivity index (χ1) is 8.56. The molecule has 0 unspecified atom stereocenters. The molecular formula is C11H8BrClN2O3. The number of carbonyl (C=O) groups is 1. The molecule has 5 nitrogen and oxygen atoms in total. The van der Waals surface area contributed by atoms with Gasteiger partial charge in [0.05, 0.1) is 17.3 Å². The van der Waals surface area contributed by atoms with Crippen LogP contribution in [0.25, 0.3) is 0 Å². The molecule has 0 saturated heterocycles. The molecule has 0 aliphatic rings. The number of carboxylic acids is 1. The number of anilines is 1. The molecular weight excluding hydrogens is 323 g/mol. The Labute approximate surface area is 116 Å². The zero-order valence-corrected chi connectivity index (χ0v) is 11.3. The summed E-state index contributed by atoms with van der Waals surface area (Å²) in [5.41, 5.74) is 0.603. The van der Waals surface area contributed by atoms with Gasteiger partial charge in [-0.05, 0) is 18.2 Å². The molecule has 0 spiro atoms. The maximum Gasteiger partial charge on any atom is 0.358 e. The van der Waals surface area contributed by atoms with E-state index in [0.29, 0.717) is 17.3 Å². The molecule has 1 aromatic carbocycles. The van der Waals surface area contributed by atoms with Crippen molar-refractivity contribution in [1.82, 2.24) is 5.16 Å². The predicted molar refractivity (Wildman–Crippen MR) is 69.9 cm³/mol.